The van der Waals surface area contributed by atoms with Crippen molar-refractivity contribution in [3.63, 3.8) is 0 Å². The van der Waals surface area contributed by atoms with Crippen molar-refractivity contribution in [3.8, 4) is 0 Å². The van der Waals surface area contributed by atoms with Crippen LogP contribution in [-0.4, -0.2) is 11.3 Å². The standard InChI is InChI=1S/C13H17F2NO/c1-12(2,13(3,4)16)11(17)8-6-5-7-9(14)10(8)15/h5-7H,16H2,1-4H3. The molecule has 0 aliphatic heterocycles. The Bertz CT molecular complexity index is 447. The van der Waals surface area contributed by atoms with Gasteiger partial charge in [0, 0.05) is 11.0 Å². The second-order valence-corrected chi connectivity index (χ2v) is 5.28. The first-order valence-electron chi connectivity index (χ1n) is 5.36. The Kier molecular flexibility index (Phi) is 3.39. The summed E-state index contributed by atoms with van der Waals surface area (Å²) in [4.78, 5) is 12.2. The van der Waals surface area contributed by atoms with Gasteiger partial charge in [0.2, 0.25) is 0 Å². The van der Waals surface area contributed by atoms with Crippen molar-refractivity contribution in [2.45, 2.75) is 33.2 Å². The minimum absolute atomic E-state index is 0.256. The maximum Gasteiger partial charge on any atom is 0.173 e. The molecule has 0 atom stereocenters. The summed E-state index contributed by atoms with van der Waals surface area (Å²) in [5.74, 6) is -2.64. The van der Waals surface area contributed by atoms with E-state index in [1.54, 1.807) is 27.7 Å². The largest absolute Gasteiger partial charge is 0.325 e. The van der Waals surface area contributed by atoms with Gasteiger partial charge in [-0.05, 0) is 26.0 Å². The number of carbonyl (C=O) groups excluding carboxylic acids is 1. The summed E-state index contributed by atoms with van der Waals surface area (Å²) < 4.78 is 26.6. The average molecular weight is 241 g/mol. The third-order valence-corrected chi connectivity index (χ3v) is 3.37. The van der Waals surface area contributed by atoms with Crippen molar-refractivity contribution < 1.29 is 13.6 Å². The van der Waals surface area contributed by atoms with Crippen LogP contribution < -0.4 is 5.73 Å². The quantitative estimate of drug-likeness (QED) is 0.827. The Balaban J connectivity index is 3.27. The molecule has 0 unspecified atom stereocenters. The van der Waals surface area contributed by atoms with Crippen LogP contribution in [0.15, 0.2) is 18.2 Å². The molecule has 1 aromatic carbocycles. The number of carbonyl (C=O) groups is 1. The first kappa shape index (κ1) is 13.8. The summed E-state index contributed by atoms with van der Waals surface area (Å²) >= 11 is 0. The lowest BCUT2D eigenvalue weighted by Crippen LogP contribution is -2.52. The van der Waals surface area contributed by atoms with Crippen molar-refractivity contribution in [2.24, 2.45) is 11.1 Å². The number of benzene rings is 1. The van der Waals surface area contributed by atoms with Gasteiger partial charge >= 0.3 is 0 Å². The number of nitrogens with two attached hydrogens (primary N) is 1. The molecule has 0 aromatic heterocycles. The van der Waals surface area contributed by atoms with Crippen molar-refractivity contribution in [3.05, 3.63) is 35.4 Å². The normalized spacial score (nSPS) is 12.6. The molecule has 2 N–H and O–H groups in total. The van der Waals surface area contributed by atoms with E-state index >= 15 is 0 Å². The van der Waals surface area contributed by atoms with E-state index in [9.17, 15) is 13.6 Å². The Labute approximate surface area is 99.8 Å². The Morgan fingerprint density at radius 1 is 1.18 bits per heavy atom. The molecule has 0 radical (unpaired) electrons. The summed E-state index contributed by atoms with van der Waals surface area (Å²) in [5, 5.41) is 0. The van der Waals surface area contributed by atoms with Crippen LogP contribution in [0.2, 0.25) is 0 Å². The molecule has 94 valence electrons. The minimum Gasteiger partial charge on any atom is -0.325 e. The lowest BCUT2D eigenvalue weighted by atomic mass is 9.70. The highest BCUT2D eigenvalue weighted by molar-refractivity contribution is 6.01. The van der Waals surface area contributed by atoms with Crippen LogP contribution in [0.1, 0.15) is 38.1 Å². The van der Waals surface area contributed by atoms with E-state index in [1.165, 1.54) is 12.1 Å². The van der Waals surface area contributed by atoms with E-state index in [2.05, 4.69) is 0 Å². The lowest BCUT2D eigenvalue weighted by Gasteiger charge is -2.37. The SMILES string of the molecule is CC(C)(N)C(C)(C)C(=O)c1cccc(F)c1F. The summed E-state index contributed by atoms with van der Waals surface area (Å²) in [6.45, 7) is 6.61. The highest BCUT2D eigenvalue weighted by Gasteiger charge is 2.41. The zero-order chi connectivity index (χ0) is 13.4. The van der Waals surface area contributed by atoms with E-state index in [4.69, 9.17) is 5.73 Å². The number of ketones is 1. The molecule has 0 aliphatic rings. The van der Waals surface area contributed by atoms with Gasteiger partial charge in [-0.1, -0.05) is 19.9 Å². The van der Waals surface area contributed by atoms with Gasteiger partial charge in [-0.25, -0.2) is 8.78 Å². The van der Waals surface area contributed by atoms with Crippen molar-refractivity contribution in [1.82, 2.24) is 0 Å². The molecule has 17 heavy (non-hydrogen) atoms. The maximum atomic E-state index is 13.5. The number of hydrogen-bond acceptors (Lipinski definition) is 2. The molecular formula is C13H17F2NO. The Morgan fingerprint density at radius 2 is 1.71 bits per heavy atom. The first-order chi connectivity index (χ1) is 7.59. The third-order valence-electron chi connectivity index (χ3n) is 3.37. The molecule has 0 amide bonds. The van der Waals surface area contributed by atoms with Crippen molar-refractivity contribution >= 4 is 5.78 Å². The molecule has 0 fully saturated rings. The van der Waals surface area contributed by atoms with Gasteiger partial charge in [-0.15, -0.1) is 0 Å². The Morgan fingerprint density at radius 3 is 2.18 bits per heavy atom. The summed E-state index contributed by atoms with van der Waals surface area (Å²) in [7, 11) is 0. The van der Waals surface area contributed by atoms with Crippen LogP contribution in [0.25, 0.3) is 0 Å². The van der Waals surface area contributed by atoms with Crippen molar-refractivity contribution in [2.75, 3.05) is 0 Å². The molecule has 0 saturated carbocycles. The van der Waals surface area contributed by atoms with Gasteiger partial charge in [0.15, 0.2) is 17.4 Å². The van der Waals surface area contributed by atoms with E-state index in [0.717, 1.165) is 6.07 Å². The first-order valence-corrected chi connectivity index (χ1v) is 5.36. The van der Waals surface area contributed by atoms with Crippen LogP contribution in [0, 0.1) is 17.0 Å². The van der Waals surface area contributed by atoms with Gasteiger partial charge in [-0.2, -0.15) is 0 Å². The fourth-order valence-corrected chi connectivity index (χ4v) is 1.31. The molecule has 0 bridgehead atoms. The molecule has 0 heterocycles. The molecule has 2 nitrogen and oxygen atoms in total. The van der Waals surface area contributed by atoms with E-state index in [-0.39, 0.29) is 5.56 Å². The maximum absolute atomic E-state index is 13.5. The zero-order valence-corrected chi connectivity index (χ0v) is 10.5. The zero-order valence-electron chi connectivity index (χ0n) is 10.5. The highest BCUT2D eigenvalue weighted by atomic mass is 19.2. The molecule has 0 aliphatic carbocycles. The predicted molar refractivity (Wildman–Crippen MR) is 62.7 cm³/mol. The number of hydrogen-bond donors (Lipinski definition) is 1. The van der Waals surface area contributed by atoms with E-state index in [1.807, 2.05) is 0 Å². The van der Waals surface area contributed by atoms with Crippen LogP contribution in [-0.2, 0) is 0 Å². The number of rotatable bonds is 3. The molecule has 0 saturated heterocycles. The second-order valence-electron chi connectivity index (χ2n) is 5.28. The van der Waals surface area contributed by atoms with Gasteiger partial charge in [0.1, 0.15) is 0 Å². The van der Waals surface area contributed by atoms with Gasteiger partial charge in [0.05, 0.1) is 5.56 Å². The van der Waals surface area contributed by atoms with E-state index < -0.39 is 28.4 Å². The van der Waals surface area contributed by atoms with Crippen LogP contribution >= 0.6 is 0 Å². The number of halogens is 2. The van der Waals surface area contributed by atoms with Crippen LogP contribution in [0.5, 0.6) is 0 Å². The second kappa shape index (κ2) is 4.18. The number of Topliss-reactive ketones (excluding diaryl/α,β-unsaturated/α-hetero) is 1. The fourth-order valence-electron chi connectivity index (χ4n) is 1.31. The predicted octanol–water partition coefficient (Wildman–Crippen LogP) is 2.91. The Hall–Kier alpha value is -1.29. The van der Waals surface area contributed by atoms with Gasteiger partial charge in [-0.3, -0.25) is 4.79 Å². The monoisotopic (exact) mass is 241 g/mol. The molecule has 1 aromatic rings. The van der Waals surface area contributed by atoms with Gasteiger partial charge < -0.3 is 5.73 Å². The van der Waals surface area contributed by atoms with E-state index in [0.29, 0.717) is 0 Å². The topological polar surface area (TPSA) is 43.1 Å². The summed E-state index contributed by atoms with van der Waals surface area (Å²) in [6.07, 6.45) is 0. The summed E-state index contributed by atoms with van der Waals surface area (Å²) in [6, 6.07) is 3.56. The van der Waals surface area contributed by atoms with Crippen LogP contribution in [0.4, 0.5) is 8.78 Å². The van der Waals surface area contributed by atoms with Crippen LogP contribution in [0.3, 0.4) is 0 Å². The lowest BCUT2D eigenvalue weighted by molar-refractivity contribution is 0.0729. The summed E-state index contributed by atoms with van der Waals surface area (Å²) in [5.41, 5.74) is 3.83. The molecular weight excluding hydrogens is 224 g/mol. The molecule has 0 spiro atoms. The highest BCUT2D eigenvalue weighted by Crippen LogP contribution is 2.33. The molecule has 4 heteroatoms. The fraction of sp³-hybridized carbons (Fsp3) is 0.462. The van der Waals surface area contributed by atoms with Crippen molar-refractivity contribution in [1.29, 1.82) is 0 Å². The van der Waals surface area contributed by atoms with Gasteiger partial charge in [0.25, 0.3) is 0 Å². The molecule has 1 rings (SSSR count). The average Bonchev–Trinajstić information content (AvgIpc) is 2.19. The smallest absolute Gasteiger partial charge is 0.173 e. The minimum atomic E-state index is -1.12. The third kappa shape index (κ3) is 2.36.